The third-order valence-electron chi connectivity index (χ3n) is 5.58. The van der Waals surface area contributed by atoms with Gasteiger partial charge in [0.2, 0.25) is 5.91 Å². The molecule has 1 aliphatic heterocycles. The Bertz CT molecular complexity index is 658. The third kappa shape index (κ3) is 2.99. The number of carbonyl (C=O) groups is 1. The topological polar surface area (TPSA) is 49.0 Å². The molecule has 2 heterocycles. The van der Waals surface area contributed by atoms with E-state index in [1.165, 1.54) is 38.5 Å². The molecule has 1 saturated heterocycles. The molecule has 23 heavy (non-hydrogen) atoms. The molecule has 4 heteroatoms. The van der Waals surface area contributed by atoms with Gasteiger partial charge in [-0.05, 0) is 43.7 Å². The minimum Gasteiger partial charge on any atom is -0.342 e. The van der Waals surface area contributed by atoms with Crippen LogP contribution in [0, 0.1) is 5.92 Å². The maximum Gasteiger partial charge on any atom is 0.223 e. The standard InChI is InChI=1S/C19H25N3O/c23-19(22-13-5-7-14-6-1-4-10-17(14)22)12-11-18-20-15-8-2-3-9-16(15)21-18/h2-3,8-9,14,17H,1,4-7,10-13H2,(H,20,21)/t14-,17-/m0/s1. The molecule has 0 unspecified atom stereocenters. The monoisotopic (exact) mass is 311 g/mol. The summed E-state index contributed by atoms with van der Waals surface area (Å²) in [7, 11) is 0. The Balaban J connectivity index is 1.40. The maximum absolute atomic E-state index is 12.7. The van der Waals surface area contributed by atoms with Crippen molar-refractivity contribution in [2.45, 2.75) is 57.4 Å². The number of aromatic nitrogens is 2. The fourth-order valence-electron chi connectivity index (χ4n) is 4.43. The normalized spacial score (nSPS) is 24.6. The predicted octanol–water partition coefficient (Wildman–Crippen LogP) is 3.68. The van der Waals surface area contributed by atoms with Crippen molar-refractivity contribution in [3.8, 4) is 0 Å². The van der Waals surface area contributed by atoms with E-state index in [0.29, 0.717) is 24.8 Å². The Kier molecular flexibility index (Phi) is 4.06. The quantitative estimate of drug-likeness (QED) is 0.940. The number of imidazole rings is 1. The van der Waals surface area contributed by atoms with Crippen LogP contribution < -0.4 is 0 Å². The van der Waals surface area contributed by atoms with Crippen molar-refractivity contribution >= 4 is 16.9 Å². The zero-order valence-corrected chi connectivity index (χ0v) is 13.6. The van der Waals surface area contributed by atoms with Crippen LogP contribution >= 0.6 is 0 Å². The van der Waals surface area contributed by atoms with Gasteiger partial charge in [0.05, 0.1) is 11.0 Å². The summed E-state index contributed by atoms with van der Waals surface area (Å²) < 4.78 is 0. The number of hydrogen-bond donors (Lipinski definition) is 1. The number of aromatic amines is 1. The average Bonchev–Trinajstić information content (AvgIpc) is 3.02. The van der Waals surface area contributed by atoms with Crippen LogP contribution in [0.1, 0.15) is 50.8 Å². The van der Waals surface area contributed by atoms with Crippen LogP contribution in [0.5, 0.6) is 0 Å². The van der Waals surface area contributed by atoms with E-state index < -0.39 is 0 Å². The molecule has 1 amide bonds. The highest BCUT2D eigenvalue weighted by molar-refractivity contribution is 5.77. The maximum atomic E-state index is 12.7. The fraction of sp³-hybridized carbons (Fsp3) is 0.579. The Hall–Kier alpha value is -1.84. The lowest BCUT2D eigenvalue weighted by atomic mass is 9.78. The fourth-order valence-corrected chi connectivity index (χ4v) is 4.43. The number of para-hydroxylation sites is 2. The summed E-state index contributed by atoms with van der Waals surface area (Å²) in [5, 5.41) is 0. The Morgan fingerprint density at radius 1 is 1.17 bits per heavy atom. The molecule has 2 atom stereocenters. The minimum atomic E-state index is 0.321. The number of carbonyl (C=O) groups excluding carboxylic acids is 1. The largest absolute Gasteiger partial charge is 0.342 e. The molecule has 0 bridgehead atoms. The molecular weight excluding hydrogens is 286 g/mol. The highest BCUT2D eigenvalue weighted by Crippen LogP contribution is 2.35. The number of piperidine rings is 1. The number of likely N-dealkylation sites (tertiary alicyclic amines) is 1. The molecule has 1 aliphatic carbocycles. The van der Waals surface area contributed by atoms with Crippen LogP contribution in [0.2, 0.25) is 0 Å². The Labute approximate surface area is 137 Å². The van der Waals surface area contributed by atoms with E-state index in [1.54, 1.807) is 0 Å². The second-order valence-electron chi connectivity index (χ2n) is 7.04. The van der Waals surface area contributed by atoms with Gasteiger partial charge in [0.25, 0.3) is 0 Å². The third-order valence-corrected chi connectivity index (χ3v) is 5.58. The van der Waals surface area contributed by atoms with Gasteiger partial charge in [0.15, 0.2) is 0 Å². The summed E-state index contributed by atoms with van der Waals surface area (Å²) in [6, 6.07) is 8.56. The minimum absolute atomic E-state index is 0.321. The summed E-state index contributed by atoms with van der Waals surface area (Å²) in [5.41, 5.74) is 2.04. The smallest absolute Gasteiger partial charge is 0.223 e. The molecule has 0 spiro atoms. The first-order chi connectivity index (χ1) is 11.3. The van der Waals surface area contributed by atoms with Crippen LogP contribution in [0.15, 0.2) is 24.3 Å². The van der Waals surface area contributed by atoms with E-state index >= 15 is 0 Å². The summed E-state index contributed by atoms with van der Waals surface area (Å²) in [6.45, 7) is 0.958. The van der Waals surface area contributed by atoms with E-state index in [2.05, 4.69) is 14.9 Å². The number of nitrogens with zero attached hydrogens (tertiary/aromatic N) is 2. The first kappa shape index (κ1) is 14.7. The molecule has 4 rings (SSSR count). The summed E-state index contributed by atoms with van der Waals surface area (Å²) in [4.78, 5) is 22.8. The lowest BCUT2D eigenvalue weighted by Gasteiger charge is -2.44. The van der Waals surface area contributed by atoms with Crippen molar-refractivity contribution in [1.82, 2.24) is 14.9 Å². The van der Waals surface area contributed by atoms with Crippen LogP contribution in [0.3, 0.4) is 0 Å². The average molecular weight is 311 g/mol. The van der Waals surface area contributed by atoms with Crippen molar-refractivity contribution in [3.05, 3.63) is 30.1 Å². The summed E-state index contributed by atoms with van der Waals surface area (Å²) in [6.07, 6.45) is 8.94. The van der Waals surface area contributed by atoms with Gasteiger partial charge in [-0.1, -0.05) is 25.0 Å². The lowest BCUT2D eigenvalue weighted by molar-refractivity contribution is -0.137. The Morgan fingerprint density at radius 3 is 2.91 bits per heavy atom. The molecule has 0 radical (unpaired) electrons. The van der Waals surface area contributed by atoms with Gasteiger partial charge in [-0.2, -0.15) is 0 Å². The molecule has 2 fully saturated rings. The second kappa shape index (κ2) is 6.34. The van der Waals surface area contributed by atoms with Crippen molar-refractivity contribution in [1.29, 1.82) is 0 Å². The van der Waals surface area contributed by atoms with Gasteiger partial charge < -0.3 is 9.88 Å². The number of nitrogens with one attached hydrogen (secondary N) is 1. The highest BCUT2D eigenvalue weighted by atomic mass is 16.2. The number of benzene rings is 1. The molecule has 2 aliphatic rings. The van der Waals surface area contributed by atoms with E-state index in [-0.39, 0.29) is 0 Å². The lowest BCUT2D eigenvalue weighted by Crippen LogP contribution is -2.49. The SMILES string of the molecule is O=C(CCc1nc2ccccc2[nH]1)N1CCC[C@@H]2CCCC[C@@H]21. The van der Waals surface area contributed by atoms with E-state index in [4.69, 9.17) is 0 Å². The van der Waals surface area contributed by atoms with Gasteiger partial charge in [-0.3, -0.25) is 4.79 Å². The first-order valence-corrected chi connectivity index (χ1v) is 9.04. The number of amides is 1. The number of H-pyrrole nitrogens is 1. The van der Waals surface area contributed by atoms with Crippen LogP contribution in [0.25, 0.3) is 11.0 Å². The first-order valence-electron chi connectivity index (χ1n) is 9.04. The zero-order chi connectivity index (χ0) is 15.6. The summed E-state index contributed by atoms with van der Waals surface area (Å²) >= 11 is 0. The van der Waals surface area contributed by atoms with Gasteiger partial charge in [-0.15, -0.1) is 0 Å². The molecule has 1 N–H and O–H groups in total. The van der Waals surface area contributed by atoms with Crippen LogP contribution in [-0.2, 0) is 11.2 Å². The number of aryl methyl sites for hydroxylation is 1. The Morgan fingerprint density at radius 2 is 2.00 bits per heavy atom. The van der Waals surface area contributed by atoms with Crippen LogP contribution in [-0.4, -0.2) is 33.4 Å². The predicted molar refractivity (Wildman–Crippen MR) is 91.1 cm³/mol. The number of rotatable bonds is 3. The zero-order valence-electron chi connectivity index (χ0n) is 13.6. The molecule has 1 saturated carbocycles. The van der Waals surface area contributed by atoms with Crippen LogP contribution in [0.4, 0.5) is 0 Å². The molecule has 2 aromatic rings. The molecule has 4 nitrogen and oxygen atoms in total. The van der Waals surface area contributed by atoms with E-state index in [0.717, 1.165) is 29.3 Å². The number of fused-ring (bicyclic) bond motifs is 2. The van der Waals surface area contributed by atoms with Gasteiger partial charge in [0.1, 0.15) is 5.82 Å². The number of hydrogen-bond acceptors (Lipinski definition) is 2. The van der Waals surface area contributed by atoms with Crippen molar-refractivity contribution in [2.24, 2.45) is 5.92 Å². The van der Waals surface area contributed by atoms with Crippen molar-refractivity contribution in [3.63, 3.8) is 0 Å². The molecular formula is C19H25N3O. The van der Waals surface area contributed by atoms with Crippen molar-refractivity contribution < 1.29 is 4.79 Å². The van der Waals surface area contributed by atoms with E-state index in [1.807, 2.05) is 24.3 Å². The molecule has 1 aromatic carbocycles. The molecule has 1 aromatic heterocycles. The van der Waals surface area contributed by atoms with Gasteiger partial charge in [0, 0.05) is 25.4 Å². The summed E-state index contributed by atoms with van der Waals surface area (Å²) in [5.74, 6) is 2.01. The molecule has 122 valence electrons. The van der Waals surface area contributed by atoms with Gasteiger partial charge in [-0.25, -0.2) is 4.98 Å². The van der Waals surface area contributed by atoms with Crippen molar-refractivity contribution in [2.75, 3.05) is 6.54 Å². The highest BCUT2D eigenvalue weighted by Gasteiger charge is 2.35. The van der Waals surface area contributed by atoms with E-state index in [9.17, 15) is 4.79 Å². The van der Waals surface area contributed by atoms with Gasteiger partial charge >= 0.3 is 0 Å². The second-order valence-corrected chi connectivity index (χ2v) is 7.04.